The molecule has 0 unspecified atom stereocenters. The predicted octanol–water partition coefficient (Wildman–Crippen LogP) is 3.80. The van der Waals surface area contributed by atoms with Gasteiger partial charge in [-0.2, -0.15) is 0 Å². The maximum atomic E-state index is 13.2. The van der Waals surface area contributed by atoms with Crippen LogP contribution in [0.3, 0.4) is 0 Å². The number of urea groups is 1. The van der Waals surface area contributed by atoms with E-state index in [0.29, 0.717) is 18.5 Å². The van der Waals surface area contributed by atoms with Gasteiger partial charge in [0.05, 0.1) is 6.04 Å². The van der Waals surface area contributed by atoms with Crippen LogP contribution in [-0.2, 0) is 6.42 Å². The molecule has 3 rings (SSSR count). The van der Waals surface area contributed by atoms with Crippen molar-refractivity contribution in [3.63, 3.8) is 0 Å². The second-order valence-electron chi connectivity index (χ2n) is 5.40. The molecule has 0 aromatic heterocycles. The standard InChI is InChI=1S/C17H16F2N2O/c1-11(12-3-2-4-14(18)9-12)20-17(22)21-8-7-13-10-15(19)5-6-16(13)21/h2-6,9-11H,7-8H2,1H3,(H,20,22)/t11-/m1/s1. The highest BCUT2D eigenvalue weighted by Crippen LogP contribution is 2.29. The molecule has 0 radical (unpaired) electrons. The molecule has 114 valence electrons. The Morgan fingerprint density at radius 2 is 1.95 bits per heavy atom. The van der Waals surface area contributed by atoms with Crippen LogP contribution in [0.15, 0.2) is 42.5 Å². The normalized spacial score (nSPS) is 14.6. The first-order chi connectivity index (χ1) is 10.5. The van der Waals surface area contributed by atoms with Crippen LogP contribution < -0.4 is 10.2 Å². The zero-order valence-corrected chi connectivity index (χ0v) is 12.1. The van der Waals surface area contributed by atoms with Gasteiger partial charge in [0.25, 0.3) is 0 Å². The molecule has 0 bridgehead atoms. The molecule has 3 nitrogen and oxygen atoms in total. The molecule has 1 atom stereocenters. The zero-order chi connectivity index (χ0) is 15.7. The van der Waals surface area contributed by atoms with Crippen molar-refractivity contribution >= 4 is 11.7 Å². The van der Waals surface area contributed by atoms with Gasteiger partial charge in [0.15, 0.2) is 0 Å². The van der Waals surface area contributed by atoms with Gasteiger partial charge in [-0.25, -0.2) is 13.6 Å². The van der Waals surface area contributed by atoms with Crippen molar-refractivity contribution in [3.8, 4) is 0 Å². The van der Waals surface area contributed by atoms with Crippen LogP contribution in [0.4, 0.5) is 19.3 Å². The van der Waals surface area contributed by atoms with E-state index in [1.54, 1.807) is 30.0 Å². The van der Waals surface area contributed by atoms with Crippen LogP contribution in [0.5, 0.6) is 0 Å². The third-order valence-electron chi connectivity index (χ3n) is 3.87. The van der Waals surface area contributed by atoms with Gasteiger partial charge in [-0.1, -0.05) is 12.1 Å². The van der Waals surface area contributed by atoms with E-state index in [9.17, 15) is 13.6 Å². The second-order valence-corrected chi connectivity index (χ2v) is 5.40. The topological polar surface area (TPSA) is 32.3 Å². The lowest BCUT2D eigenvalue weighted by atomic mass is 10.1. The van der Waals surface area contributed by atoms with Gasteiger partial charge >= 0.3 is 6.03 Å². The molecule has 0 saturated carbocycles. The van der Waals surface area contributed by atoms with E-state index in [-0.39, 0.29) is 23.7 Å². The molecule has 2 amide bonds. The van der Waals surface area contributed by atoms with Gasteiger partial charge in [-0.15, -0.1) is 0 Å². The summed E-state index contributed by atoms with van der Waals surface area (Å²) in [6.45, 7) is 2.31. The summed E-state index contributed by atoms with van der Waals surface area (Å²) in [5, 5.41) is 2.85. The van der Waals surface area contributed by atoms with Crippen LogP contribution >= 0.6 is 0 Å². The molecule has 5 heteroatoms. The summed E-state index contributed by atoms with van der Waals surface area (Å²) in [6.07, 6.45) is 0.634. The number of rotatable bonds is 2. The Kier molecular flexibility index (Phi) is 3.79. The molecule has 1 N–H and O–H groups in total. The second kappa shape index (κ2) is 5.75. The number of halogens is 2. The Bertz CT molecular complexity index is 718. The molecule has 0 fully saturated rings. The summed E-state index contributed by atoms with van der Waals surface area (Å²) in [7, 11) is 0. The quantitative estimate of drug-likeness (QED) is 0.899. The lowest BCUT2D eigenvalue weighted by molar-refractivity contribution is 0.244. The summed E-state index contributed by atoms with van der Waals surface area (Å²) < 4.78 is 26.4. The first-order valence-corrected chi connectivity index (χ1v) is 7.16. The van der Waals surface area contributed by atoms with Crippen molar-refractivity contribution in [1.82, 2.24) is 5.32 Å². The molecule has 0 saturated heterocycles. The number of nitrogens with one attached hydrogen (secondary N) is 1. The van der Waals surface area contributed by atoms with Crippen LogP contribution in [-0.4, -0.2) is 12.6 Å². The molecule has 22 heavy (non-hydrogen) atoms. The van der Waals surface area contributed by atoms with Gasteiger partial charge < -0.3 is 5.32 Å². The first kappa shape index (κ1) is 14.5. The fourth-order valence-corrected chi connectivity index (χ4v) is 2.70. The number of hydrogen-bond donors (Lipinski definition) is 1. The number of amides is 2. The van der Waals surface area contributed by atoms with E-state index >= 15 is 0 Å². The smallest absolute Gasteiger partial charge is 0.322 e. The summed E-state index contributed by atoms with van der Waals surface area (Å²) >= 11 is 0. The Morgan fingerprint density at radius 1 is 1.18 bits per heavy atom. The number of fused-ring (bicyclic) bond motifs is 1. The molecule has 1 aliphatic heterocycles. The van der Waals surface area contributed by atoms with E-state index in [4.69, 9.17) is 0 Å². The number of hydrogen-bond acceptors (Lipinski definition) is 1. The van der Waals surface area contributed by atoms with Crippen molar-refractivity contribution in [1.29, 1.82) is 0 Å². The maximum Gasteiger partial charge on any atom is 0.322 e. The fraction of sp³-hybridized carbons (Fsp3) is 0.235. The van der Waals surface area contributed by atoms with E-state index in [2.05, 4.69) is 5.32 Å². The summed E-state index contributed by atoms with van der Waals surface area (Å²) in [5.74, 6) is -0.630. The highest BCUT2D eigenvalue weighted by molar-refractivity contribution is 5.94. The van der Waals surface area contributed by atoms with Crippen LogP contribution in [0.25, 0.3) is 0 Å². The molecule has 1 aliphatic rings. The van der Waals surface area contributed by atoms with Gasteiger partial charge in [0.1, 0.15) is 11.6 Å². The minimum absolute atomic E-state index is 0.262. The Labute approximate surface area is 127 Å². The van der Waals surface area contributed by atoms with Gasteiger partial charge in [-0.05, 0) is 54.8 Å². The van der Waals surface area contributed by atoms with Gasteiger partial charge in [-0.3, -0.25) is 4.90 Å². The Morgan fingerprint density at radius 3 is 2.73 bits per heavy atom. The minimum atomic E-state index is -0.333. The number of anilines is 1. The lowest BCUT2D eigenvalue weighted by Crippen LogP contribution is -2.40. The van der Waals surface area contributed by atoms with E-state index in [1.165, 1.54) is 24.3 Å². The SMILES string of the molecule is C[C@@H](NC(=O)N1CCc2cc(F)ccc21)c1cccc(F)c1. The number of nitrogens with zero attached hydrogens (tertiary/aromatic N) is 1. The zero-order valence-electron chi connectivity index (χ0n) is 12.1. The number of carbonyl (C=O) groups is 1. The van der Waals surface area contributed by atoms with Crippen LogP contribution in [0, 0.1) is 11.6 Å². The molecule has 2 aromatic carbocycles. The molecule has 0 aliphatic carbocycles. The highest BCUT2D eigenvalue weighted by atomic mass is 19.1. The molecular weight excluding hydrogens is 286 g/mol. The van der Waals surface area contributed by atoms with Crippen molar-refractivity contribution in [2.24, 2.45) is 0 Å². The predicted molar refractivity (Wildman–Crippen MR) is 80.8 cm³/mol. The Hall–Kier alpha value is -2.43. The largest absolute Gasteiger partial charge is 0.331 e. The summed E-state index contributed by atoms with van der Waals surface area (Å²) in [5.41, 5.74) is 2.26. The van der Waals surface area contributed by atoms with Gasteiger partial charge in [0.2, 0.25) is 0 Å². The maximum absolute atomic E-state index is 13.2. The van der Waals surface area contributed by atoms with Crippen molar-refractivity contribution in [2.75, 3.05) is 11.4 Å². The third kappa shape index (κ3) is 2.79. The molecule has 2 aromatic rings. The Balaban J connectivity index is 1.74. The van der Waals surface area contributed by atoms with Crippen molar-refractivity contribution in [2.45, 2.75) is 19.4 Å². The number of benzene rings is 2. The first-order valence-electron chi connectivity index (χ1n) is 7.16. The summed E-state index contributed by atoms with van der Waals surface area (Å²) in [4.78, 5) is 14.0. The van der Waals surface area contributed by atoms with Gasteiger partial charge in [0, 0.05) is 12.2 Å². The lowest BCUT2D eigenvalue weighted by Gasteiger charge is -2.22. The third-order valence-corrected chi connectivity index (χ3v) is 3.87. The number of carbonyl (C=O) groups excluding carboxylic acids is 1. The minimum Gasteiger partial charge on any atom is -0.331 e. The van der Waals surface area contributed by atoms with E-state index < -0.39 is 0 Å². The summed E-state index contributed by atoms with van der Waals surface area (Å²) in [6, 6.07) is 9.99. The van der Waals surface area contributed by atoms with Crippen LogP contribution in [0.1, 0.15) is 24.1 Å². The monoisotopic (exact) mass is 302 g/mol. The average Bonchev–Trinajstić information content (AvgIpc) is 2.90. The average molecular weight is 302 g/mol. The van der Waals surface area contributed by atoms with E-state index in [0.717, 1.165) is 11.3 Å². The molecular formula is C17H16F2N2O. The van der Waals surface area contributed by atoms with E-state index in [1.807, 2.05) is 0 Å². The fourth-order valence-electron chi connectivity index (χ4n) is 2.70. The van der Waals surface area contributed by atoms with Crippen LogP contribution in [0.2, 0.25) is 0 Å². The van der Waals surface area contributed by atoms with Crippen molar-refractivity contribution in [3.05, 3.63) is 65.2 Å². The molecule has 0 spiro atoms. The molecule has 1 heterocycles. The highest BCUT2D eigenvalue weighted by Gasteiger charge is 2.25. The van der Waals surface area contributed by atoms with Crippen molar-refractivity contribution < 1.29 is 13.6 Å².